The second-order valence-corrected chi connectivity index (χ2v) is 7.03. The molecule has 146 valence electrons. The number of benzene rings is 2. The fourth-order valence-corrected chi connectivity index (χ4v) is 3.10. The van der Waals surface area contributed by atoms with E-state index in [1.807, 2.05) is 69.3 Å². The third-order valence-electron chi connectivity index (χ3n) is 4.71. The summed E-state index contributed by atoms with van der Waals surface area (Å²) in [6.45, 7) is 5.81. The van der Waals surface area contributed by atoms with Crippen LogP contribution in [0.5, 0.6) is 0 Å². The lowest BCUT2D eigenvalue weighted by atomic mass is 10.0. The lowest BCUT2D eigenvalue weighted by molar-refractivity contribution is 0.0935. The zero-order valence-corrected chi connectivity index (χ0v) is 16.5. The van der Waals surface area contributed by atoms with Gasteiger partial charge in [-0.25, -0.2) is 4.68 Å². The Kier molecular flexibility index (Phi) is 4.95. The van der Waals surface area contributed by atoms with E-state index in [1.54, 1.807) is 6.07 Å². The molecule has 7 heteroatoms. The summed E-state index contributed by atoms with van der Waals surface area (Å²) in [6.07, 6.45) is 1.50. The molecule has 0 saturated heterocycles. The number of hydrogen-bond donors (Lipinski definition) is 1. The summed E-state index contributed by atoms with van der Waals surface area (Å²) in [5, 5.41) is 14.3. The molecule has 0 bridgehead atoms. The number of tetrazole rings is 1. The van der Waals surface area contributed by atoms with Gasteiger partial charge in [0.25, 0.3) is 5.91 Å². The molecule has 29 heavy (non-hydrogen) atoms. The van der Waals surface area contributed by atoms with E-state index in [0.29, 0.717) is 17.0 Å². The van der Waals surface area contributed by atoms with Crippen LogP contribution in [0.4, 0.5) is 0 Å². The molecule has 1 N–H and O–H groups in total. The summed E-state index contributed by atoms with van der Waals surface area (Å²) >= 11 is 0. The van der Waals surface area contributed by atoms with Crippen LogP contribution in [0.2, 0.25) is 0 Å². The zero-order valence-electron chi connectivity index (χ0n) is 16.5. The molecule has 1 atom stereocenters. The predicted molar refractivity (Wildman–Crippen MR) is 109 cm³/mol. The first-order chi connectivity index (χ1) is 14.0. The van der Waals surface area contributed by atoms with Gasteiger partial charge in [-0.2, -0.15) is 0 Å². The first-order valence-electron chi connectivity index (χ1n) is 9.32. The van der Waals surface area contributed by atoms with Crippen molar-refractivity contribution >= 4 is 5.91 Å². The van der Waals surface area contributed by atoms with Crippen LogP contribution < -0.4 is 5.32 Å². The van der Waals surface area contributed by atoms with Gasteiger partial charge in [0.05, 0.1) is 11.7 Å². The average molecular weight is 387 g/mol. The number of nitrogens with one attached hydrogen (secondary N) is 1. The number of amides is 1. The van der Waals surface area contributed by atoms with E-state index in [-0.39, 0.29) is 11.9 Å². The summed E-state index contributed by atoms with van der Waals surface area (Å²) in [6, 6.07) is 17.2. The highest BCUT2D eigenvalue weighted by Crippen LogP contribution is 2.25. The predicted octanol–water partition coefficient (Wildman–Crippen LogP) is 4.03. The largest absolute Gasteiger partial charge is 0.464 e. The maximum Gasteiger partial charge on any atom is 0.251 e. The molecule has 0 spiro atoms. The van der Waals surface area contributed by atoms with Crippen LogP contribution in [0.3, 0.4) is 0 Å². The van der Waals surface area contributed by atoms with E-state index >= 15 is 0 Å². The average Bonchev–Trinajstić information content (AvgIpc) is 3.40. The highest BCUT2D eigenvalue weighted by Gasteiger charge is 2.16. The SMILES string of the molecule is Cc1ccc(-c2cc(C(=O)NC(C)c3ccc(C)o3)cc(-n3cnnn3)c2)cc1. The van der Waals surface area contributed by atoms with Gasteiger partial charge in [-0.3, -0.25) is 4.79 Å². The van der Waals surface area contributed by atoms with Crippen LogP contribution in [0.1, 0.15) is 40.4 Å². The van der Waals surface area contributed by atoms with E-state index in [2.05, 4.69) is 20.8 Å². The van der Waals surface area contributed by atoms with E-state index in [4.69, 9.17) is 4.42 Å². The molecule has 2 aromatic heterocycles. The molecule has 0 radical (unpaired) electrons. The van der Waals surface area contributed by atoms with E-state index < -0.39 is 0 Å². The Balaban J connectivity index is 1.69. The maximum atomic E-state index is 13.0. The van der Waals surface area contributed by atoms with Crippen LogP contribution >= 0.6 is 0 Å². The minimum atomic E-state index is -0.254. The Morgan fingerprint density at radius 2 is 1.83 bits per heavy atom. The molecule has 0 aliphatic heterocycles. The maximum absolute atomic E-state index is 13.0. The summed E-state index contributed by atoms with van der Waals surface area (Å²) in [5.41, 5.74) is 4.31. The summed E-state index contributed by atoms with van der Waals surface area (Å²) in [4.78, 5) is 13.0. The molecule has 0 aliphatic carbocycles. The van der Waals surface area contributed by atoms with Crippen molar-refractivity contribution in [3.8, 4) is 16.8 Å². The first-order valence-corrected chi connectivity index (χ1v) is 9.32. The highest BCUT2D eigenvalue weighted by atomic mass is 16.3. The number of aryl methyl sites for hydroxylation is 2. The normalized spacial score (nSPS) is 12.0. The Bertz CT molecular complexity index is 1130. The number of hydrogen-bond acceptors (Lipinski definition) is 5. The zero-order chi connectivity index (χ0) is 20.4. The monoisotopic (exact) mass is 387 g/mol. The lowest BCUT2D eigenvalue weighted by Gasteiger charge is -2.14. The molecule has 2 heterocycles. The Labute approximate surface area is 168 Å². The molecule has 1 amide bonds. The van der Waals surface area contributed by atoms with Gasteiger partial charge < -0.3 is 9.73 Å². The smallest absolute Gasteiger partial charge is 0.251 e. The van der Waals surface area contributed by atoms with Gasteiger partial charge in [-0.15, -0.1) is 5.10 Å². The molecule has 2 aromatic carbocycles. The van der Waals surface area contributed by atoms with Crippen molar-refractivity contribution in [2.24, 2.45) is 0 Å². The molecular weight excluding hydrogens is 366 g/mol. The van der Waals surface area contributed by atoms with E-state index in [0.717, 1.165) is 16.9 Å². The van der Waals surface area contributed by atoms with Gasteiger partial charge in [0.15, 0.2) is 0 Å². The number of aromatic nitrogens is 4. The topological polar surface area (TPSA) is 85.8 Å². The van der Waals surface area contributed by atoms with Gasteiger partial charge in [-0.05, 0) is 72.7 Å². The van der Waals surface area contributed by atoms with Crippen molar-refractivity contribution < 1.29 is 9.21 Å². The number of furan rings is 1. The Morgan fingerprint density at radius 1 is 1.03 bits per heavy atom. The number of rotatable bonds is 5. The second kappa shape index (κ2) is 7.71. The number of nitrogens with zero attached hydrogens (tertiary/aromatic N) is 4. The summed E-state index contributed by atoms with van der Waals surface area (Å²) < 4.78 is 7.16. The minimum absolute atomic E-state index is 0.199. The quantitative estimate of drug-likeness (QED) is 0.559. The molecule has 4 rings (SSSR count). The first kappa shape index (κ1) is 18.6. The lowest BCUT2D eigenvalue weighted by Crippen LogP contribution is -2.26. The molecule has 7 nitrogen and oxygen atoms in total. The van der Waals surface area contributed by atoms with Crippen LogP contribution in [0.15, 0.2) is 65.3 Å². The van der Waals surface area contributed by atoms with Gasteiger partial charge in [0.1, 0.15) is 17.8 Å². The van der Waals surface area contributed by atoms with Gasteiger partial charge in [0.2, 0.25) is 0 Å². The van der Waals surface area contributed by atoms with E-state index in [9.17, 15) is 4.79 Å². The molecular formula is C22H21N5O2. The summed E-state index contributed by atoms with van der Waals surface area (Å²) in [7, 11) is 0. The number of carbonyl (C=O) groups is 1. The molecule has 0 fully saturated rings. The molecule has 0 saturated carbocycles. The van der Waals surface area contributed by atoms with Crippen LogP contribution in [0, 0.1) is 13.8 Å². The molecule has 0 aliphatic rings. The molecule has 4 aromatic rings. The van der Waals surface area contributed by atoms with Crippen LogP contribution in [0.25, 0.3) is 16.8 Å². The minimum Gasteiger partial charge on any atom is -0.464 e. The second-order valence-electron chi connectivity index (χ2n) is 7.03. The van der Waals surface area contributed by atoms with Gasteiger partial charge in [-0.1, -0.05) is 29.8 Å². The van der Waals surface area contributed by atoms with Gasteiger partial charge >= 0.3 is 0 Å². The van der Waals surface area contributed by atoms with Gasteiger partial charge in [0, 0.05) is 5.56 Å². The van der Waals surface area contributed by atoms with Crippen LogP contribution in [-0.2, 0) is 0 Å². The van der Waals surface area contributed by atoms with Crippen molar-refractivity contribution in [2.75, 3.05) is 0 Å². The van der Waals surface area contributed by atoms with Crippen LogP contribution in [-0.4, -0.2) is 26.1 Å². The van der Waals surface area contributed by atoms with Crippen molar-refractivity contribution in [3.05, 3.63) is 83.6 Å². The molecule has 1 unspecified atom stereocenters. The van der Waals surface area contributed by atoms with Crippen molar-refractivity contribution in [2.45, 2.75) is 26.8 Å². The fourth-order valence-electron chi connectivity index (χ4n) is 3.10. The third-order valence-corrected chi connectivity index (χ3v) is 4.71. The third kappa shape index (κ3) is 4.08. The number of carbonyl (C=O) groups excluding carboxylic acids is 1. The summed E-state index contributed by atoms with van der Waals surface area (Å²) in [5.74, 6) is 1.32. The van der Waals surface area contributed by atoms with Crippen molar-refractivity contribution in [3.63, 3.8) is 0 Å². The van der Waals surface area contributed by atoms with Crippen molar-refractivity contribution in [1.82, 2.24) is 25.5 Å². The van der Waals surface area contributed by atoms with E-state index in [1.165, 1.54) is 16.6 Å². The Morgan fingerprint density at radius 3 is 2.48 bits per heavy atom. The highest BCUT2D eigenvalue weighted by molar-refractivity contribution is 5.96. The Hall–Kier alpha value is -3.74. The standard InChI is InChI=1S/C22H21N5O2/c1-14-4-7-17(8-5-14)18-10-19(12-20(11-18)27-13-23-25-26-27)22(28)24-16(3)21-9-6-15(2)29-21/h4-13,16H,1-3H3,(H,24,28). The fraction of sp³-hybridized carbons (Fsp3) is 0.182. The van der Waals surface area contributed by atoms with Crippen molar-refractivity contribution in [1.29, 1.82) is 0 Å².